The summed E-state index contributed by atoms with van der Waals surface area (Å²) in [6.07, 6.45) is -2.88. The number of urea groups is 1. The van der Waals surface area contributed by atoms with Gasteiger partial charge in [0.25, 0.3) is 18.2 Å². The maximum Gasteiger partial charge on any atom is 0.387 e. The van der Waals surface area contributed by atoms with Crippen LogP contribution in [0.5, 0.6) is 5.75 Å². The molecule has 11 nitrogen and oxygen atoms in total. The number of nitrogens with one attached hydrogen (secondary N) is 3. The summed E-state index contributed by atoms with van der Waals surface area (Å²) in [5.74, 6) is -3.57. The topological polar surface area (TPSA) is 152 Å². The summed E-state index contributed by atoms with van der Waals surface area (Å²) in [5.41, 5.74) is 4.90. The highest BCUT2D eigenvalue weighted by molar-refractivity contribution is 6.12. The molecule has 0 spiro atoms. The highest BCUT2D eigenvalue weighted by atomic mass is 19.3. The zero-order chi connectivity index (χ0) is 23.8. The smallest absolute Gasteiger partial charge is 0.387 e. The van der Waals surface area contributed by atoms with Gasteiger partial charge < -0.3 is 36.1 Å². The molecule has 0 aliphatic carbocycles. The molecule has 0 aromatic heterocycles. The summed E-state index contributed by atoms with van der Waals surface area (Å²) >= 11 is 0. The molecule has 5 N–H and O–H groups in total. The standard InChI is InChI=1S/C17H19F4N5O6/c18-11(19)6-23-17(30)25-13(14(22)28)15(29)24-9-2-1-8(5-10(9)32-16(20)21)26-3-4-31-7-12(26)27/h1-2,5,11,13,16H,3-4,6-7H2,(H2,22,28)(H,24,29)(H2,23,25,30)/t13-/m1/s1. The molecule has 1 fully saturated rings. The number of nitrogens with two attached hydrogens (primary N) is 1. The van der Waals surface area contributed by atoms with Gasteiger partial charge in [0.1, 0.15) is 6.61 Å². The monoisotopic (exact) mass is 465 g/mol. The minimum absolute atomic E-state index is 0.153. The molecule has 0 bridgehead atoms. The zero-order valence-electron chi connectivity index (χ0n) is 16.3. The Balaban J connectivity index is 2.20. The molecule has 1 aliphatic heterocycles. The number of rotatable bonds is 9. The minimum atomic E-state index is -3.30. The van der Waals surface area contributed by atoms with Crippen LogP contribution in [0.3, 0.4) is 0 Å². The van der Waals surface area contributed by atoms with Crippen molar-refractivity contribution in [1.29, 1.82) is 0 Å². The van der Waals surface area contributed by atoms with Crippen molar-refractivity contribution in [2.45, 2.75) is 19.1 Å². The molecule has 0 unspecified atom stereocenters. The second-order valence-electron chi connectivity index (χ2n) is 6.23. The SMILES string of the molecule is NC(=O)[C@@H](NC(=O)NCC(F)F)C(=O)Nc1ccc(N2CCOCC2=O)cc1OC(F)F. The summed E-state index contributed by atoms with van der Waals surface area (Å²) in [5, 5.41) is 5.60. The van der Waals surface area contributed by atoms with Crippen LogP contribution in [0.25, 0.3) is 0 Å². The van der Waals surface area contributed by atoms with E-state index in [4.69, 9.17) is 10.5 Å². The first-order valence-corrected chi connectivity index (χ1v) is 8.98. The van der Waals surface area contributed by atoms with Crippen LogP contribution in [0.2, 0.25) is 0 Å². The van der Waals surface area contributed by atoms with E-state index in [9.17, 15) is 36.7 Å². The zero-order valence-corrected chi connectivity index (χ0v) is 16.3. The Morgan fingerprint density at radius 3 is 2.53 bits per heavy atom. The fourth-order valence-electron chi connectivity index (χ4n) is 2.59. The lowest BCUT2D eigenvalue weighted by Gasteiger charge is -2.27. The molecular weight excluding hydrogens is 446 g/mol. The van der Waals surface area contributed by atoms with Gasteiger partial charge in [-0.2, -0.15) is 8.78 Å². The van der Waals surface area contributed by atoms with Gasteiger partial charge in [0, 0.05) is 18.3 Å². The fraction of sp³-hybridized carbons (Fsp3) is 0.412. The lowest BCUT2D eigenvalue weighted by atomic mass is 10.2. The van der Waals surface area contributed by atoms with Crippen LogP contribution in [0.4, 0.5) is 33.7 Å². The number of carbonyl (C=O) groups is 4. The molecule has 1 aromatic rings. The predicted molar refractivity (Wildman–Crippen MR) is 100 cm³/mol. The number of amides is 5. The molecule has 1 heterocycles. The van der Waals surface area contributed by atoms with Crippen molar-refractivity contribution in [2.24, 2.45) is 5.73 Å². The van der Waals surface area contributed by atoms with E-state index in [1.807, 2.05) is 0 Å². The minimum Gasteiger partial charge on any atom is -0.433 e. The van der Waals surface area contributed by atoms with Gasteiger partial charge >= 0.3 is 12.6 Å². The summed E-state index contributed by atoms with van der Waals surface area (Å²) < 4.78 is 59.4. The first-order chi connectivity index (χ1) is 15.1. The average molecular weight is 465 g/mol. The number of morpholine rings is 1. The van der Waals surface area contributed by atoms with Crippen molar-refractivity contribution in [2.75, 3.05) is 36.5 Å². The Labute approximate surface area is 178 Å². The van der Waals surface area contributed by atoms with Crippen LogP contribution in [-0.4, -0.2) is 69.1 Å². The van der Waals surface area contributed by atoms with Crippen LogP contribution in [0.15, 0.2) is 18.2 Å². The van der Waals surface area contributed by atoms with E-state index in [0.717, 1.165) is 12.1 Å². The first kappa shape index (κ1) is 24.6. The van der Waals surface area contributed by atoms with Gasteiger partial charge in [-0.15, -0.1) is 0 Å². The third-order valence-corrected chi connectivity index (χ3v) is 3.98. The van der Waals surface area contributed by atoms with Crippen molar-refractivity contribution >= 4 is 35.1 Å². The summed E-state index contributed by atoms with van der Waals surface area (Å²) in [6.45, 7) is -4.18. The van der Waals surface area contributed by atoms with Crippen LogP contribution >= 0.6 is 0 Å². The van der Waals surface area contributed by atoms with Crippen LogP contribution in [-0.2, 0) is 19.1 Å². The van der Waals surface area contributed by atoms with Gasteiger partial charge in [0.2, 0.25) is 5.91 Å². The van der Waals surface area contributed by atoms with Gasteiger partial charge in [-0.25, -0.2) is 13.6 Å². The third-order valence-electron chi connectivity index (χ3n) is 3.98. The Morgan fingerprint density at radius 1 is 1.22 bits per heavy atom. The Bertz CT molecular complexity index is 872. The average Bonchev–Trinajstić information content (AvgIpc) is 2.71. The van der Waals surface area contributed by atoms with Crippen molar-refractivity contribution in [1.82, 2.24) is 10.6 Å². The second-order valence-corrected chi connectivity index (χ2v) is 6.23. The Hall–Kier alpha value is -3.62. The number of alkyl halides is 4. The predicted octanol–water partition coefficient (Wildman–Crippen LogP) is 0.00790. The maximum atomic E-state index is 12.9. The quantitative estimate of drug-likeness (QED) is 0.298. The van der Waals surface area contributed by atoms with E-state index in [0.29, 0.717) is 0 Å². The van der Waals surface area contributed by atoms with E-state index >= 15 is 0 Å². The number of halogens is 4. The highest BCUT2D eigenvalue weighted by Crippen LogP contribution is 2.32. The molecule has 15 heteroatoms. The molecule has 1 saturated heterocycles. The molecule has 1 aliphatic rings. The van der Waals surface area contributed by atoms with Gasteiger partial charge in [-0.05, 0) is 12.1 Å². The number of hydrogen-bond donors (Lipinski definition) is 4. The molecule has 5 amide bonds. The molecule has 1 atom stereocenters. The van der Waals surface area contributed by atoms with Gasteiger partial charge in [-0.1, -0.05) is 0 Å². The molecule has 2 rings (SSSR count). The van der Waals surface area contributed by atoms with Crippen LogP contribution in [0.1, 0.15) is 0 Å². The number of nitrogens with zero attached hydrogens (tertiary/aromatic N) is 1. The Morgan fingerprint density at radius 2 is 1.94 bits per heavy atom. The number of carbonyl (C=O) groups excluding carboxylic acids is 4. The highest BCUT2D eigenvalue weighted by Gasteiger charge is 2.28. The van der Waals surface area contributed by atoms with Crippen molar-refractivity contribution in [3.8, 4) is 5.75 Å². The molecule has 1 aromatic carbocycles. The van der Waals surface area contributed by atoms with Crippen molar-refractivity contribution in [3.63, 3.8) is 0 Å². The number of anilines is 2. The molecule has 176 valence electrons. The van der Waals surface area contributed by atoms with Gasteiger partial charge in [0.05, 0.1) is 18.8 Å². The lowest BCUT2D eigenvalue weighted by Crippen LogP contribution is -2.54. The van der Waals surface area contributed by atoms with Crippen LogP contribution < -0.4 is 31.3 Å². The third kappa shape index (κ3) is 6.97. The van der Waals surface area contributed by atoms with E-state index in [-0.39, 0.29) is 31.1 Å². The normalized spacial score (nSPS) is 14.8. The largest absolute Gasteiger partial charge is 0.433 e. The van der Waals surface area contributed by atoms with Crippen molar-refractivity contribution in [3.05, 3.63) is 18.2 Å². The summed E-state index contributed by atoms with van der Waals surface area (Å²) in [4.78, 5) is 48.7. The summed E-state index contributed by atoms with van der Waals surface area (Å²) in [6, 6.07) is 0.205. The van der Waals surface area contributed by atoms with Gasteiger partial charge in [-0.3, -0.25) is 14.4 Å². The molecular formula is C17H19F4N5O6. The number of hydrogen-bond acceptors (Lipinski definition) is 6. The number of primary amides is 1. The second kappa shape index (κ2) is 11.1. The van der Waals surface area contributed by atoms with E-state index in [2.05, 4.69) is 10.1 Å². The van der Waals surface area contributed by atoms with E-state index < -0.39 is 55.1 Å². The number of benzene rings is 1. The Kier molecular flexibility index (Phi) is 8.57. The van der Waals surface area contributed by atoms with Crippen molar-refractivity contribution < 1.29 is 46.2 Å². The molecule has 0 saturated carbocycles. The van der Waals surface area contributed by atoms with E-state index in [1.54, 1.807) is 10.6 Å². The summed E-state index contributed by atoms with van der Waals surface area (Å²) in [7, 11) is 0. The van der Waals surface area contributed by atoms with E-state index in [1.165, 1.54) is 11.0 Å². The lowest BCUT2D eigenvalue weighted by molar-refractivity contribution is -0.128. The maximum absolute atomic E-state index is 12.9. The molecule has 0 radical (unpaired) electrons. The molecule has 32 heavy (non-hydrogen) atoms. The number of ether oxygens (including phenoxy) is 2. The fourth-order valence-corrected chi connectivity index (χ4v) is 2.59. The first-order valence-electron chi connectivity index (χ1n) is 8.98. The van der Waals surface area contributed by atoms with Crippen LogP contribution in [0, 0.1) is 0 Å². The van der Waals surface area contributed by atoms with Gasteiger partial charge in [0.15, 0.2) is 11.8 Å².